The number of nitrogen functional groups attached to an aromatic ring is 1. The maximum absolute atomic E-state index is 6.01. The SMILES string of the molecule is Cc1cc(Cc2csc(-c3ccc4c(c3)CCC(C)C4)n2)c(C)cc1N. The molecule has 0 spiro atoms. The molecule has 2 aromatic carbocycles. The zero-order valence-electron chi connectivity index (χ0n) is 15.8. The highest BCUT2D eigenvalue weighted by molar-refractivity contribution is 7.13. The summed E-state index contributed by atoms with van der Waals surface area (Å²) >= 11 is 1.75. The van der Waals surface area contributed by atoms with E-state index in [1.54, 1.807) is 11.3 Å². The summed E-state index contributed by atoms with van der Waals surface area (Å²) in [7, 11) is 0. The number of aromatic nitrogens is 1. The van der Waals surface area contributed by atoms with E-state index in [0.29, 0.717) is 0 Å². The first-order valence-corrected chi connectivity index (χ1v) is 10.3. The molecule has 1 unspecified atom stereocenters. The molecular formula is C23H26N2S. The van der Waals surface area contributed by atoms with Crippen LogP contribution in [-0.2, 0) is 19.3 Å². The maximum Gasteiger partial charge on any atom is 0.123 e. The van der Waals surface area contributed by atoms with E-state index in [1.807, 2.05) is 0 Å². The van der Waals surface area contributed by atoms with Crippen LogP contribution in [-0.4, -0.2) is 4.98 Å². The quantitative estimate of drug-likeness (QED) is 0.605. The molecule has 1 atom stereocenters. The molecule has 134 valence electrons. The number of anilines is 1. The van der Waals surface area contributed by atoms with Gasteiger partial charge in [-0.15, -0.1) is 11.3 Å². The average Bonchev–Trinajstić information content (AvgIpc) is 3.08. The predicted molar refractivity (Wildman–Crippen MR) is 112 cm³/mol. The van der Waals surface area contributed by atoms with Crippen LogP contribution in [0.5, 0.6) is 0 Å². The largest absolute Gasteiger partial charge is 0.399 e. The number of nitrogens with zero attached hydrogens (tertiary/aromatic N) is 1. The van der Waals surface area contributed by atoms with E-state index in [4.69, 9.17) is 10.7 Å². The van der Waals surface area contributed by atoms with Gasteiger partial charge in [-0.2, -0.15) is 0 Å². The highest BCUT2D eigenvalue weighted by atomic mass is 32.1. The van der Waals surface area contributed by atoms with Gasteiger partial charge in [0.15, 0.2) is 0 Å². The van der Waals surface area contributed by atoms with Crippen LogP contribution in [0.1, 0.15) is 46.9 Å². The maximum atomic E-state index is 6.01. The average molecular weight is 363 g/mol. The molecular weight excluding hydrogens is 336 g/mol. The van der Waals surface area contributed by atoms with Crippen LogP contribution in [0.25, 0.3) is 10.6 Å². The highest BCUT2D eigenvalue weighted by Crippen LogP contribution is 2.31. The summed E-state index contributed by atoms with van der Waals surface area (Å²) in [6.45, 7) is 6.55. The zero-order valence-corrected chi connectivity index (χ0v) is 16.6. The molecule has 1 aliphatic carbocycles. The van der Waals surface area contributed by atoms with E-state index < -0.39 is 0 Å². The van der Waals surface area contributed by atoms with Crippen LogP contribution >= 0.6 is 11.3 Å². The third-order valence-electron chi connectivity index (χ3n) is 5.58. The third kappa shape index (κ3) is 3.41. The predicted octanol–water partition coefficient (Wildman–Crippen LogP) is 5.72. The summed E-state index contributed by atoms with van der Waals surface area (Å²) < 4.78 is 0. The van der Waals surface area contributed by atoms with Crippen LogP contribution < -0.4 is 5.73 Å². The standard InChI is InChI=1S/C23H26N2S/c1-14-4-5-18-11-19(7-6-17(18)8-14)23-25-21(13-26-23)12-20-9-16(3)22(24)10-15(20)2/h6-7,9-11,13-14H,4-5,8,12,24H2,1-3H3. The van der Waals surface area contributed by atoms with Crippen molar-refractivity contribution in [2.24, 2.45) is 5.92 Å². The molecule has 1 aliphatic rings. The minimum atomic E-state index is 0.812. The first kappa shape index (κ1) is 17.3. The van der Waals surface area contributed by atoms with Crippen LogP contribution in [0.3, 0.4) is 0 Å². The first-order valence-electron chi connectivity index (χ1n) is 9.42. The fourth-order valence-corrected chi connectivity index (χ4v) is 4.69. The highest BCUT2D eigenvalue weighted by Gasteiger charge is 2.16. The lowest BCUT2D eigenvalue weighted by Gasteiger charge is -2.21. The summed E-state index contributed by atoms with van der Waals surface area (Å²) in [5.74, 6) is 0.812. The van der Waals surface area contributed by atoms with Crippen molar-refractivity contribution in [3.63, 3.8) is 0 Å². The molecule has 0 saturated carbocycles. The molecule has 0 amide bonds. The van der Waals surface area contributed by atoms with Crippen LogP contribution in [0.2, 0.25) is 0 Å². The van der Waals surface area contributed by atoms with Crippen molar-refractivity contribution >= 4 is 17.0 Å². The Bertz CT molecular complexity index is 955. The zero-order chi connectivity index (χ0) is 18.3. The minimum Gasteiger partial charge on any atom is -0.399 e. The Morgan fingerprint density at radius 2 is 1.96 bits per heavy atom. The minimum absolute atomic E-state index is 0.812. The Kier molecular flexibility index (Phi) is 4.58. The summed E-state index contributed by atoms with van der Waals surface area (Å²) in [6, 6.07) is 11.2. The van der Waals surface area contributed by atoms with Crippen molar-refractivity contribution < 1.29 is 0 Å². The number of benzene rings is 2. The van der Waals surface area contributed by atoms with Gasteiger partial charge in [-0.3, -0.25) is 0 Å². The molecule has 2 N–H and O–H groups in total. The normalized spacial score (nSPS) is 16.5. The Morgan fingerprint density at radius 3 is 2.81 bits per heavy atom. The summed E-state index contributed by atoms with van der Waals surface area (Å²) in [4.78, 5) is 4.92. The van der Waals surface area contributed by atoms with E-state index in [1.165, 1.54) is 47.1 Å². The smallest absolute Gasteiger partial charge is 0.123 e. The van der Waals surface area contributed by atoms with Gasteiger partial charge in [0, 0.05) is 23.1 Å². The van der Waals surface area contributed by atoms with Crippen molar-refractivity contribution in [1.82, 2.24) is 4.98 Å². The van der Waals surface area contributed by atoms with E-state index in [2.05, 4.69) is 56.5 Å². The molecule has 0 aliphatic heterocycles. The molecule has 2 nitrogen and oxygen atoms in total. The van der Waals surface area contributed by atoms with Gasteiger partial charge in [-0.25, -0.2) is 4.98 Å². The van der Waals surface area contributed by atoms with E-state index in [9.17, 15) is 0 Å². The van der Waals surface area contributed by atoms with Gasteiger partial charge < -0.3 is 5.73 Å². The number of thiazole rings is 1. The van der Waals surface area contributed by atoms with Crippen molar-refractivity contribution in [1.29, 1.82) is 0 Å². The molecule has 4 rings (SSSR count). The molecule has 26 heavy (non-hydrogen) atoms. The van der Waals surface area contributed by atoms with Gasteiger partial charge >= 0.3 is 0 Å². The fourth-order valence-electron chi connectivity index (χ4n) is 3.87. The molecule has 3 aromatic rings. The van der Waals surface area contributed by atoms with E-state index in [-0.39, 0.29) is 0 Å². The second kappa shape index (κ2) is 6.88. The second-order valence-electron chi connectivity index (χ2n) is 7.79. The monoisotopic (exact) mass is 362 g/mol. The first-order chi connectivity index (χ1) is 12.5. The number of aryl methyl sites for hydroxylation is 3. The molecule has 1 aromatic heterocycles. The number of hydrogen-bond acceptors (Lipinski definition) is 3. The van der Waals surface area contributed by atoms with Crippen molar-refractivity contribution in [3.05, 3.63) is 69.2 Å². The van der Waals surface area contributed by atoms with Gasteiger partial charge in [0.05, 0.1) is 5.69 Å². The summed E-state index contributed by atoms with van der Waals surface area (Å²) in [5, 5.41) is 3.33. The van der Waals surface area contributed by atoms with Crippen molar-refractivity contribution in [3.8, 4) is 10.6 Å². The molecule has 1 heterocycles. The van der Waals surface area contributed by atoms with Crippen LogP contribution in [0, 0.1) is 19.8 Å². The molecule has 0 saturated heterocycles. The number of fused-ring (bicyclic) bond motifs is 1. The topological polar surface area (TPSA) is 38.9 Å². The van der Waals surface area contributed by atoms with Gasteiger partial charge in [0.2, 0.25) is 0 Å². The van der Waals surface area contributed by atoms with Crippen LogP contribution in [0.15, 0.2) is 35.7 Å². The Balaban J connectivity index is 1.58. The fraction of sp³-hybridized carbons (Fsp3) is 0.348. The van der Waals surface area contributed by atoms with Gasteiger partial charge in [-0.05, 0) is 79.0 Å². The Labute approximate surface area is 160 Å². The van der Waals surface area contributed by atoms with E-state index in [0.717, 1.165) is 34.3 Å². The molecule has 0 fully saturated rings. The molecule has 0 bridgehead atoms. The lowest BCUT2D eigenvalue weighted by atomic mass is 9.84. The third-order valence-corrected chi connectivity index (χ3v) is 6.52. The number of rotatable bonds is 3. The Morgan fingerprint density at radius 1 is 1.12 bits per heavy atom. The summed E-state index contributed by atoms with van der Waals surface area (Å²) in [5.41, 5.74) is 16.0. The van der Waals surface area contributed by atoms with Crippen molar-refractivity contribution in [2.75, 3.05) is 5.73 Å². The van der Waals surface area contributed by atoms with Gasteiger partial charge in [-0.1, -0.05) is 25.1 Å². The van der Waals surface area contributed by atoms with Crippen molar-refractivity contribution in [2.45, 2.75) is 46.5 Å². The molecule has 0 radical (unpaired) electrons. The molecule has 3 heteroatoms. The number of nitrogens with two attached hydrogens (primary N) is 1. The lowest BCUT2D eigenvalue weighted by Crippen LogP contribution is -2.11. The van der Waals surface area contributed by atoms with Gasteiger partial charge in [0.1, 0.15) is 5.01 Å². The summed E-state index contributed by atoms with van der Waals surface area (Å²) in [6.07, 6.45) is 4.59. The number of hydrogen-bond donors (Lipinski definition) is 1. The lowest BCUT2D eigenvalue weighted by molar-refractivity contribution is 0.501. The van der Waals surface area contributed by atoms with E-state index >= 15 is 0 Å². The van der Waals surface area contributed by atoms with Crippen LogP contribution in [0.4, 0.5) is 5.69 Å². The van der Waals surface area contributed by atoms with Gasteiger partial charge in [0.25, 0.3) is 0 Å². The Hall–Kier alpha value is -2.13. The second-order valence-corrected chi connectivity index (χ2v) is 8.65.